The van der Waals surface area contributed by atoms with Crippen LogP contribution in [0.15, 0.2) is 34.7 Å². The lowest BCUT2D eigenvalue weighted by Gasteiger charge is -2.14. The number of benzene rings is 1. The number of aromatic nitrogens is 2. The van der Waals surface area contributed by atoms with E-state index in [9.17, 15) is 0 Å². The van der Waals surface area contributed by atoms with Gasteiger partial charge in [0.25, 0.3) is 10.7 Å². The number of rotatable bonds is 7. The summed E-state index contributed by atoms with van der Waals surface area (Å²) >= 11 is 12.8. The minimum Gasteiger partial charge on any atom is -0.497 e. The van der Waals surface area contributed by atoms with Crippen molar-refractivity contribution in [3.63, 3.8) is 0 Å². The number of methoxy groups -OCH3 is 2. The lowest BCUT2D eigenvalue weighted by Crippen LogP contribution is -2.22. The van der Waals surface area contributed by atoms with Crippen LogP contribution in [-0.4, -0.2) is 35.9 Å². The van der Waals surface area contributed by atoms with Gasteiger partial charge in [0.2, 0.25) is 0 Å². The molecule has 1 aromatic carbocycles. The van der Waals surface area contributed by atoms with Gasteiger partial charge in [-0.25, -0.2) is 4.68 Å². The number of nitrogens with zero attached hydrogens (tertiary/aromatic N) is 3. The Kier molecular flexibility index (Phi) is 5.98. The van der Waals surface area contributed by atoms with E-state index >= 15 is 0 Å². The first-order valence-electron chi connectivity index (χ1n) is 7.73. The van der Waals surface area contributed by atoms with Gasteiger partial charge >= 0.3 is 0 Å². The zero-order valence-electron chi connectivity index (χ0n) is 14.6. The van der Waals surface area contributed by atoms with Crippen molar-refractivity contribution in [1.29, 1.82) is 0 Å². The van der Waals surface area contributed by atoms with E-state index in [1.54, 1.807) is 36.3 Å². The van der Waals surface area contributed by atoms with Crippen LogP contribution in [0.3, 0.4) is 0 Å². The molecule has 0 saturated carbocycles. The van der Waals surface area contributed by atoms with Crippen molar-refractivity contribution in [3.05, 3.63) is 44.4 Å². The SMILES string of the molecule is COc1ccc(-c2nn(CN(C)Cc3ccc(Cl)s3)c(=S)o2)c(OC)c1. The molecule has 0 amide bonds. The minimum absolute atomic E-state index is 0.300. The molecule has 9 heteroatoms. The first-order valence-corrected chi connectivity index (χ1v) is 9.33. The van der Waals surface area contributed by atoms with Crippen LogP contribution in [-0.2, 0) is 13.2 Å². The Bertz CT molecular complexity index is 951. The quantitative estimate of drug-likeness (QED) is 0.525. The molecule has 0 aliphatic heterocycles. The van der Waals surface area contributed by atoms with Crippen LogP contribution in [0.5, 0.6) is 11.5 Å². The summed E-state index contributed by atoms with van der Waals surface area (Å²) in [6.45, 7) is 1.24. The fourth-order valence-electron chi connectivity index (χ4n) is 2.46. The van der Waals surface area contributed by atoms with Gasteiger partial charge in [0, 0.05) is 17.5 Å². The summed E-state index contributed by atoms with van der Waals surface area (Å²) in [5, 5.41) is 4.49. The van der Waals surface area contributed by atoms with E-state index in [0.29, 0.717) is 34.5 Å². The van der Waals surface area contributed by atoms with Crippen LogP contribution in [0.1, 0.15) is 4.88 Å². The molecule has 26 heavy (non-hydrogen) atoms. The molecule has 0 spiro atoms. The van der Waals surface area contributed by atoms with Crippen LogP contribution in [0.4, 0.5) is 0 Å². The first kappa shape index (κ1) is 18.9. The molecule has 2 aromatic heterocycles. The van der Waals surface area contributed by atoms with Gasteiger partial charge < -0.3 is 13.9 Å². The fourth-order valence-corrected chi connectivity index (χ4v) is 3.81. The van der Waals surface area contributed by atoms with Gasteiger partial charge in [-0.05, 0) is 43.5 Å². The van der Waals surface area contributed by atoms with Crippen molar-refractivity contribution >= 4 is 35.2 Å². The van der Waals surface area contributed by atoms with Gasteiger partial charge in [0.05, 0.1) is 30.8 Å². The van der Waals surface area contributed by atoms with Crippen molar-refractivity contribution in [2.75, 3.05) is 21.3 Å². The highest BCUT2D eigenvalue weighted by molar-refractivity contribution is 7.71. The average molecular weight is 412 g/mol. The lowest BCUT2D eigenvalue weighted by atomic mass is 10.2. The van der Waals surface area contributed by atoms with Crippen LogP contribution < -0.4 is 9.47 Å². The minimum atomic E-state index is 0.300. The topological polar surface area (TPSA) is 52.7 Å². The summed E-state index contributed by atoms with van der Waals surface area (Å²) in [5.41, 5.74) is 0.714. The van der Waals surface area contributed by atoms with Gasteiger partial charge in [-0.2, -0.15) is 0 Å². The third-order valence-corrected chi connectivity index (χ3v) is 5.19. The zero-order chi connectivity index (χ0) is 18.7. The lowest BCUT2D eigenvalue weighted by molar-refractivity contribution is 0.242. The Morgan fingerprint density at radius 3 is 2.73 bits per heavy atom. The van der Waals surface area contributed by atoms with E-state index in [4.69, 9.17) is 37.7 Å². The Morgan fingerprint density at radius 2 is 2.08 bits per heavy atom. The standard InChI is InChI=1S/C17H18ClN3O3S2/c1-20(9-12-5-7-15(18)26-12)10-21-17(25)24-16(19-21)13-6-4-11(22-2)8-14(13)23-3/h4-8H,9-10H2,1-3H3. The maximum atomic E-state index is 5.98. The maximum Gasteiger partial charge on any atom is 0.288 e. The van der Waals surface area contributed by atoms with E-state index in [2.05, 4.69) is 10.00 Å². The van der Waals surface area contributed by atoms with Gasteiger partial charge in [0.1, 0.15) is 11.5 Å². The molecular weight excluding hydrogens is 394 g/mol. The van der Waals surface area contributed by atoms with Crippen LogP contribution in [0, 0.1) is 4.84 Å². The number of hydrogen-bond acceptors (Lipinski definition) is 7. The molecule has 0 bridgehead atoms. The second kappa shape index (κ2) is 8.22. The van der Waals surface area contributed by atoms with Gasteiger partial charge in [-0.3, -0.25) is 4.90 Å². The smallest absolute Gasteiger partial charge is 0.288 e. The molecule has 0 fully saturated rings. The van der Waals surface area contributed by atoms with E-state index in [-0.39, 0.29) is 0 Å². The first-order chi connectivity index (χ1) is 12.5. The molecule has 0 aliphatic carbocycles. The molecule has 3 rings (SSSR count). The molecule has 0 saturated heterocycles. The third-order valence-electron chi connectivity index (χ3n) is 3.68. The van der Waals surface area contributed by atoms with E-state index < -0.39 is 0 Å². The monoisotopic (exact) mass is 411 g/mol. The average Bonchev–Trinajstić information content (AvgIpc) is 3.19. The van der Waals surface area contributed by atoms with Gasteiger partial charge in [-0.15, -0.1) is 16.4 Å². The number of halogens is 1. The summed E-state index contributed by atoms with van der Waals surface area (Å²) in [5.74, 6) is 1.70. The van der Waals surface area contributed by atoms with Crippen molar-refractivity contribution in [2.24, 2.45) is 0 Å². The van der Waals surface area contributed by atoms with Gasteiger partial charge in [0.15, 0.2) is 0 Å². The number of hydrogen-bond donors (Lipinski definition) is 0. The van der Waals surface area contributed by atoms with Crippen LogP contribution in [0.25, 0.3) is 11.5 Å². The number of ether oxygens (including phenoxy) is 2. The number of thiophene rings is 1. The second-order valence-corrected chi connectivity index (χ2v) is 7.75. The fraction of sp³-hybridized carbons (Fsp3) is 0.294. The molecular formula is C17H18ClN3O3S2. The van der Waals surface area contributed by atoms with E-state index in [1.165, 1.54) is 4.88 Å². The Morgan fingerprint density at radius 1 is 1.27 bits per heavy atom. The maximum absolute atomic E-state index is 5.98. The molecule has 0 atom stereocenters. The molecule has 138 valence electrons. The molecule has 6 nitrogen and oxygen atoms in total. The summed E-state index contributed by atoms with van der Waals surface area (Å²) in [6.07, 6.45) is 0. The summed E-state index contributed by atoms with van der Waals surface area (Å²) in [4.78, 5) is 3.55. The highest BCUT2D eigenvalue weighted by atomic mass is 35.5. The van der Waals surface area contributed by atoms with E-state index in [1.807, 2.05) is 31.3 Å². The third kappa shape index (κ3) is 4.27. The summed E-state index contributed by atoms with van der Waals surface area (Å²) in [6, 6.07) is 9.34. The van der Waals surface area contributed by atoms with Crippen LogP contribution >= 0.6 is 35.2 Å². The Balaban J connectivity index is 1.80. The molecule has 3 aromatic rings. The highest BCUT2D eigenvalue weighted by Gasteiger charge is 2.15. The van der Waals surface area contributed by atoms with Crippen molar-refractivity contribution < 1.29 is 13.9 Å². The predicted molar refractivity (Wildman–Crippen MR) is 105 cm³/mol. The molecule has 0 radical (unpaired) electrons. The normalized spacial score (nSPS) is 11.1. The van der Waals surface area contributed by atoms with Crippen LogP contribution in [0.2, 0.25) is 4.34 Å². The van der Waals surface area contributed by atoms with E-state index in [0.717, 1.165) is 10.9 Å². The Hall–Kier alpha value is -1.87. The van der Waals surface area contributed by atoms with Crippen molar-refractivity contribution in [3.8, 4) is 23.0 Å². The Labute approximate surface area is 165 Å². The van der Waals surface area contributed by atoms with Crippen molar-refractivity contribution in [1.82, 2.24) is 14.7 Å². The highest BCUT2D eigenvalue weighted by Crippen LogP contribution is 2.32. The predicted octanol–water partition coefficient (Wildman–Crippen LogP) is 4.69. The summed E-state index contributed by atoms with van der Waals surface area (Å²) in [7, 11) is 5.17. The second-order valence-electron chi connectivity index (χ2n) is 5.60. The van der Waals surface area contributed by atoms with Crippen molar-refractivity contribution in [2.45, 2.75) is 13.2 Å². The largest absolute Gasteiger partial charge is 0.497 e. The molecule has 0 N–H and O–H groups in total. The molecule has 0 aliphatic rings. The molecule has 2 heterocycles. The summed E-state index contributed by atoms with van der Waals surface area (Å²) < 4.78 is 18.7. The van der Waals surface area contributed by atoms with Gasteiger partial charge in [-0.1, -0.05) is 11.6 Å². The molecule has 0 unspecified atom stereocenters. The zero-order valence-corrected chi connectivity index (χ0v) is 17.0.